The van der Waals surface area contributed by atoms with Crippen LogP contribution in [0, 0.1) is 0 Å². The second kappa shape index (κ2) is 4.53. The SMILES string of the molecule is C=c1[nH]nc(C(=O)c2nc(C(=O)OC)cs2)c1=C. The number of rotatable bonds is 3. The predicted octanol–water partition coefficient (Wildman–Crippen LogP) is -0.296. The first-order valence-electron chi connectivity index (χ1n) is 4.85. The van der Waals surface area contributed by atoms with Gasteiger partial charge in [-0.05, 0) is 0 Å². The number of esters is 1. The Bertz CT molecular complexity index is 716. The predicted molar refractivity (Wildman–Crippen MR) is 65.8 cm³/mol. The topological polar surface area (TPSA) is 84.9 Å². The largest absolute Gasteiger partial charge is 0.464 e. The highest BCUT2D eigenvalue weighted by atomic mass is 32.1. The minimum Gasteiger partial charge on any atom is -0.464 e. The molecule has 0 aliphatic heterocycles. The van der Waals surface area contributed by atoms with Gasteiger partial charge in [-0.1, -0.05) is 13.2 Å². The van der Waals surface area contributed by atoms with Crippen LogP contribution < -0.4 is 10.6 Å². The normalized spacial score (nSPS) is 10.3. The summed E-state index contributed by atoms with van der Waals surface area (Å²) in [5.74, 6) is -0.980. The number of hydrogen-bond acceptors (Lipinski definition) is 6. The summed E-state index contributed by atoms with van der Waals surface area (Å²) in [5, 5.41) is 8.90. The van der Waals surface area contributed by atoms with E-state index in [-0.39, 0.29) is 16.4 Å². The van der Waals surface area contributed by atoms with Crippen LogP contribution in [0.4, 0.5) is 0 Å². The Hall–Kier alpha value is -2.28. The number of H-pyrrole nitrogens is 1. The van der Waals surface area contributed by atoms with Crippen molar-refractivity contribution in [2.24, 2.45) is 0 Å². The lowest BCUT2D eigenvalue weighted by Gasteiger charge is -1.92. The van der Waals surface area contributed by atoms with Crippen molar-refractivity contribution >= 4 is 36.2 Å². The van der Waals surface area contributed by atoms with Gasteiger partial charge in [-0.3, -0.25) is 9.89 Å². The van der Waals surface area contributed by atoms with Gasteiger partial charge in [0.15, 0.2) is 10.7 Å². The van der Waals surface area contributed by atoms with E-state index in [0.717, 1.165) is 11.3 Å². The fraction of sp³-hybridized carbons (Fsp3) is 0.0909. The molecule has 1 N–H and O–H groups in total. The van der Waals surface area contributed by atoms with Crippen molar-refractivity contribution in [1.29, 1.82) is 0 Å². The van der Waals surface area contributed by atoms with Crippen molar-refractivity contribution in [1.82, 2.24) is 15.2 Å². The molecule has 0 unspecified atom stereocenters. The summed E-state index contributed by atoms with van der Waals surface area (Å²) >= 11 is 1.05. The van der Waals surface area contributed by atoms with E-state index in [1.54, 1.807) is 0 Å². The smallest absolute Gasteiger partial charge is 0.357 e. The molecule has 0 saturated carbocycles. The van der Waals surface area contributed by atoms with E-state index in [1.807, 2.05) is 0 Å². The van der Waals surface area contributed by atoms with Gasteiger partial charge in [-0.2, -0.15) is 5.10 Å². The summed E-state index contributed by atoms with van der Waals surface area (Å²) < 4.78 is 4.51. The molecule has 0 saturated heterocycles. The van der Waals surface area contributed by atoms with Crippen LogP contribution in [0.25, 0.3) is 13.2 Å². The second-order valence-corrected chi connectivity index (χ2v) is 4.25. The molecule has 92 valence electrons. The van der Waals surface area contributed by atoms with Gasteiger partial charge in [0.2, 0.25) is 5.78 Å². The third-order valence-electron chi connectivity index (χ3n) is 2.26. The van der Waals surface area contributed by atoms with E-state index in [1.165, 1.54) is 12.5 Å². The van der Waals surface area contributed by atoms with Gasteiger partial charge in [0.05, 0.1) is 12.5 Å². The Morgan fingerprint density at radius 3 is 2.72 bits per heavy atom. The molecule has 0 aromatic carbocycles. The number of hydrogen-bond donors (Lipinski definition) is 1. The quantitative estimate of drug-likeness (QED) is 0.607. The van der Waals surface area contributed by atoms with Crippen LogP contribution in [-0.4, -0.2) is 34.0 Å². The highest BCUT2D eigenvalue weighted by Crippen LogP contribution is 2.12. The van der Waals surface area contributed by atoms with Crippen LogP contribution in [0.1, 0.15) is 26.0 Å². The van der Waals surface area contributed by atoms with Crippen LogP contribution in [0.3, 0.4) is 0 Å². The standard InChI is InChI=1S/C11H9N3O3S/c1-5-6(2)13-14-8(5)9(15)10-12-7(4-18-10)11(16)17-3/h4,13H,1-2H2,3H3. The van der Waals surface area contributed by atoms with Gasteiger partial charge in [0.25, 0.3) is 0 Å². The molecule has 0 atom stereocenters. The first-order chi connectivity index (χ1) is 8.54. The molecule has 2 heterocycles. The number of carbonyl (C=O) groups excluding carboxylic acids is 2. The van der Waals surface area contributed by atoms with E-state index < -0.39 is 11.8 Å². The fourth-order valence-corrected chi connectivity index (χ4v) is 1.99. The molecule has 2 rings (SSSR count). The zero-order chi connectivity index (χ0) is 13.3. The molecule has 0 fully saturated rings. The Kier molecular flexibility index (Phi) is 3.07. The van der Waals surface area contributed by atoms with Crippen LogP contribution in [-0.2, 0) is 4.74 Å². The van der Waals surface area contributed by atoms with Gasteiger partial charge in [0.1, 0.15) is 5.69 Å². The number of thiazole rings is 1. The van der Waals surface area contributed by atoms with E-state index >= 15 is 0 Å². The van der Waals surface area contributed by atoms with Crippen molar-refractivity contribution in [3.8, 4) is 0 Å². The maximum atomic E-state index is 12.1. The number of nitrogens with one attached hydrogen (secondary N) is 1. The molecule has 0 aliphatic carbocycles. The number of ether oxygens (including phenoxy) is 1. The Balaban J connectivity index is 2.38. The molecule has 7 heteroatoms. The first kappa shape index (κ1) is 12.2. The van der Waals surface area contributed by atoms with Crippen LogP contribution in [0.5, 0.6) is 0 Å². The van der Waals surface area contributed by atoms with Crippen molar-refractivity contribution in [3.05, 3.63) is 32.3 Å². The van der Waals surface area contributed by atoms with E-state index in [2.05, 4.69) is 33.1 Å². The molecular weight excluding hydrogens is 254 g/mol. The summed E-state index contributed by atoms with van der Waals surface area (Å²) in [7, 11) is 1.25. The van der Waals surface area contributed by atoms with Crippen LogP contribution in [0.2, 0.25) is 0 Å². The van der Waals surface area contributed by atoms with Crippen molar-refractivity contribution < 1.29 is 14.3 Å². The summed E-state index contributed by atoms with van der Waals surface area (Å²) in [6.45, 7) is 7.33. The molecule has 0 spiro atoms. The average Bonchev–Trinajstić information content (AvgIpc) is 2.97. The van der Waals surface area contributed by atoms with E-state index in [0.29, 0.717) is 10.6 Å². The van der Waals surface area contributed by atoms with Crippen molar-refractivity contribution in [3.63, 3.8) is 0 Å². The molecule has 0 bridgehead atoms. The zero-order valence-corrected chi connectivity index (χ0v) is 10.3. The third kappa shape index (κ3) is 1.95. The second-order valence-electron chi connectivity index (χ2n) is 3.39. The molecule has 0 amide bonds. The summed E-state index contributed by atoms with van der Waals surface area (Å²) in [6, 6.07) is 0. The number of ketones is 1. The number of aromatic nitrogens is 3. The number of nitrogens with zero attached hydrogens (tertiary/aromatic N) is 2. The highest BCUT2D eigenvalue weighted by molar-refractivity contribution is 7.12. The van der Waals surface area contributed by atoms with Gasteiger partial charge in [0, 0.05) is 10.6 Å². The molecule has 18 heavy (non-hydrogen) atoms. The lowest BCUT2D eigenvalue weighted by atomic mass is 10.2. The van der Waals surface area contributed by atoms with Crippen LogP contribution in [0.15, 0.2) is 5.38 Å². The minimum atomic E-state index is -0.583. The molecule has 0 radical (unpaired) electrons. The zero-order valence-electron chi connectivity index (χ0n) is 9.52. The molecule has 6 nitrogen and oxygen atoms in total. The maximum Gasteiger partial charge on any atom is 0.357 e. The average molecular weight is 263 g/mol. The number of carbonyl (C=O) groups is 2. The number of aromatic amines is 1. The van der Waals surface area contributed by atoms with Gasteiger partial charge in [-0.25, -0.2) is 9.78 Å². The molecule has 2 aromatic heterocycles. The Morgan fingerprint density at radius 2 is 2.17 bits per heavy atom. The van der Waals surface area contributed by atoms with Crippen molar-refractivity contribution in [2.75, 3.05) is 7.11 Å². The Labute approximate surface area is 106 Å². The molecular formula is C11H9N3O3S. The third-order valence-corrected chi connectivity index (χ3v) is 3.10. The van der Waals surface area contributed by atoms with Crippen LogP contribution >= 0.6 is 11.3 Å². The summed E-state index contributed by atoms with van der Waals surface area (Å²) in [5.41, 5.74) is 0.257. The lowest BCUT2D eigenvalue weighted by Crippen LogP contribution is -2.24. The van der Waals surface area contributed by atoms with E-state index in [4.69, 9.17) is 0 Å². The minimum absolute atomic E-state index is 0.0989. The summed E-state index contributed by atoms with van der Waals surface area (Å²) in [6.07, 6.45) is 0. The monoisotopic (exact) mass is 263 g/mol. The molecule has 0 aliphatic rings. The molecule has 2 aromatic rings. The van der Waals surface area contributed by atoms with Gasteiger partial charge in [-0.15, -0.1) is 11.3 Å². The highest BCUT2D eigenvalue weighted by Gasteiger charge is 2.19. The van der Waals surface area contributed by atoms with Crippen molar-refractivity contribution in [2.45, 2.75) is 0 Å². The maximum absolute atomic E-state index is 12.1. The van der Waals surface area contributed by atoms with Gasteiger partial charge < -0.3 is 4.74 Å². The van der Waals surface area contributed by atoms with E-state index in [9.17, 15) is 9.59 Å². The number of methoxy groups -OCH3 is 1. The summed E-state index contributed by atoms with van der Waals surface area (Å²) in [4.78, 5) is 27.2. The Morgan fingerprint density at radius 1 is 1.44 bits per heavy atom. The first-order valence-corrected chi connectivity index (χ1v) is 5.73. The fourth-order valence-electron chi connectivity index (χ4n) is 1.27. The van der Waals surface area contributed by atoms with Gasteiger partial charge >= 0.3 is 5.97 Å². The lowest BCUT2D eigenvalue weighted by molar-refractivity contribution is 0.0595.